The van der Waals surface area contributed by atoms with Crippen molar-refractivity contribution < 1.29 is 4.79 Å². The third-order valence-corrected chi connectivity index (χ3v) is 4.87. The molecule has 3 heterocycles. The Labute approximate surface area is 151 Å². The number of carbonyl (C=O) groups is 1. The Hall–Kier alpha value is -2.87. The fraction of sp³-hybridized carbons (Fsp3) is 0.389. The van der Waals surface area contributed by atoms with Gasteiger partial charge < -0.3 is 5.32 Å². The predicted octanol–water partition coefficient (Wildman–Crippen LogP) is 1.75. The second-order valence-corrected chi connectivity index (χ2v) is 6.68. The number of aromatic nitrogens is 5. The van der Waals surface area contributed by atoms with E-state index >= 15 is 0 Å². The number of nitrogens with zero attached hydrogens (tertiary/aromatic N) is 5. The number of nitrogens with one attached hydrogen (secondary N) is 2. The van der Waals surface area contributed by atoms with Crippen LogP contribution in [0.25, 0.3) is 11.0 Å². The normalized spacial score (nSPS) is 17.7. The lowest BCUT2D eigenvalue weighted by molar-refractivity contribution is 0.0950. The average molecular weight is 351 g/mol. The van der Waals surface area contributed by atoms with E-state index in [1.54, 1.807) is 18.2 Å². The Kier molecular flexibility index (Phi) is 4.34. The van der Waals surface area contributed by atoms with E-state index < -0.39 is 0 Å². The summed E-state index contributed by atoms with van der Waals surface area (Å²) < 4.78 is 0. The Morgan fingerprint density at radius 3 is 3.00 bits per heavy atom. The van der Waals surface area contributed by atoms with Crippen LogP contribution in [0.4, 0.5) is 0 Å². The van der Waals surface area contributed by atoms with E-state index in [0.29, 0.717) is 17.6 Å². The molecule has 134 valence electrons. The molecule has 1 fully saturated rings. The second kappa shape index (κ2) is 6.80. The molecule has 0 bridgehead atoms. The molecule has 1 unspecified atom stereocenters. The van der Waals surface area contributed by atoms with Crippen LogP contribution >= 0.6 is 0 Å². The third-order valence-electron chi connectivity index (χ3n) is 4.87. The summed E-state index contributed by atoms with van der Waals surface area (Å²) in [6.45, 7) is 3.36. The van der Waals surface area contributed by atoms with Gasteiger partial charge in [0.2, 0.25) is 0 Å². The first-order valence-electron chi connectivity index (χ1n) is 8.73. The predicted molar refractivity (Wildman–Crippen MR) is 96.4 cm³/mol. The van der Waals surface area contributed by atoms with Crippen molar-refractivity contribution in [3.05, 3.63) is 47.0 Å². The molecule has 26 heavy (non-hydrogen) atoms. The first kappa shape index (κ1) is 16.6. The largest absolute Gasteiger partial charge is 0.348 e. The summed E-state index contributed by atoms with van der Waals surface area (Å²) >= 11 is 0. The monoisotopic (exact) mass is 351 g/mol. The van der Waals surface area contributed by atoms with Crippen molar-refractivity contribution in [2.75, 3.05) is 13.6 Å². The number of H-pyrrole nitrogens is 1. The maximum absolute atomic E-state index is 12.5. The minimum atomic E-state index is -0.152. The molecule has 3 aromatic rings. The number of fused-ring (bicyclic) bond motifs is 1. The summed E-state index contributed by atoms with van der Waals surface area (Å²) in [6.07, 6.45) is 4.06. The van der Waals surface area contributed by atoms with Gasteiger partial charge in [0.15, 0.2) is 0 Å². The van der Waals surface area contributed by atoms with Crippen molar-refractivity contribution in [1.82, 2.24) is 35.6 Å². The van der Waals surface area contributed by atoms with Gasteiger partial charge in [-0.25, -0.2) is 9.97 Å². The maximum atomic E-state index is 12.5. The van der Waals surface area contributed by atoms with Gasteiger partial charge in [0.05, 0.1) is 11.7 Å². The smallest absolute Gasteiger partial charge is 0.251 e. The Morgan fingerprint density at radius 1 is 1.35 bits per heavy atom. The van der Waals surface area contributed by atoms with Gasteiger partial charge in [-0.15, -0.1) is 0 Å². The highest BCUT2D eigenvalue weighted by Crippen LogP contribution is 2.31. The lowest BCUT2D eigenvalue weighted by atomic mass is 10.1. The van der Waals surface area contributed by atoms with Crippen LogP contribution in [0, 0.1) is 6.92 Å². The minimum absolute atomic E-state index is 0.152. The molecule has 1 aromatic carbocycles. The van der Waals surface area contributed by atoms with E-state index in [4.69, 9.17) is 0 Å². The number of carbonyl (C=O) groups excluding carboxylic acids is 1. The zero-order valence-corrected chi connectivity index (χ0v) is 14.9. The molecule has 2 aromatic heterocycles. The molecule has 1 aliphatic heterocycles. The SMILES string of the molecule is Cc1ncc(CNC(=O)c2ccc3n[nH]nc3c2)c(C2CCCN2C)n1. The zero-order chi connectivity index (χ0) is 18.1. The summed E-state index contributed by atoms with van der Waals surface area (Å²) in [7, 11) is 2.12. The summed E-state index contributed by atoms with van der Waals surface area (Å²) in [4.78, 5) is 23.8. The minimum Gasteiger partial charge on any atom is -0.348 e. The van der Waals surface area contributed by atoms with Crippen LogP contribution < -0.4 is 5.32 Å². The number of benzene rings is 1. The van der Waals surface area contributed by atoms with Crippen molar-refractivity contribution in [2.24, 2.45) is 0 Å². The Balaban J connectivity index is 1.52. The van der Waals surface area contributed by atoms with E-state index in [2.05, 4.69) is 42.6 Å². The van der Waals surface area contributed by atoms with Crippen LogP contribution in [-0.4, -0.2) is 49.8 Å². The highest BCUT2D eigenvalue weighted by molar-refractivity contribution is 5.97. The fourth-order valence-electron chi connectivity index (χ4n) is 3.45. The van der Waals surface area contributed by atoms with Gasteiger partial charge in [-0.1, -0.05) is 0 Å². The molecular weight excluding hydrogens is 330 g/mol. The zero-order valence-electron chi connectivity index (χ0n) is 14.9. The molecule has 1 aliphatic rings. The highest BCUT2D eigenvalue weighted by atomic mass is 16.1. The van der Waals surface area contributed by atoms with E-state index in [9.17, 15) is 4.79 Å². The number of likely N-dealkylation sites (tertiary alicyclic amines) is 1. The van der Waals surface area contributed by atoms with E-state index in [0.717, 1.165) is 42.0 Å². The van der Waals surface area contributed by atoms with Crippen LogP contribution in [0.2, 0.25) is 0 Å². The number of aryl methyl sites for hydroxylation is 1. The van der Waals surface area contributed by atoms with Crippen LogP contribution in [0.1, 0.15) is 46.3 Å². The number of aromatic amines is 1. The molecule has 1 atom stereocenters. The molecule has 1 amide bonds. The topological polar surface area (TPSA) is 99.7 Å². The van der Waals surface area contributed by atoms with E-state index in [1.165, 1.54) is 0 Å². The van der Waals surface area contributed by atoms with E-state index in [1.807, 2.05) is 13.1 Å². The van der Waals surface area contributed by atoms with Crippen molar-refractivity contribution in [3.63, 3.8) is 0 Å². The van der Waals surface area contributed by atoms with Crippen molar-refractivity contribution in [1.29, 1.82) is 0 Å². The van der Waals surface area contributed by atoms with Gasteiger partial charge in [-0.2, -0.15) is 15.4 Å². The molecule has 0 radical (unpaired) electrons. The van der Waals surface area contributed by atoms with Crippen LogP contribution in [0.15, 0.2) is 24.4 Å². The average Bonchev–Trinajstić information content (AvgIpc) is 3.28. The number of hydrogen-bond donors (Lipinski definition) is 2. The lowest BCUT2D eigenvalue weighted by Gasteiger charge is -2.21. The molecule has 0 saturated carbocycles. The fourth-order valence-corrected chi connectivity index (χ4v) is 3.45. The lowest BCUT2D eigenvalue weighted by Crippen LogP contribution is -2.26. The molecule has 8 nitrogen and oxygen atoms in total. The van der Waals surface area contributed by atoms with E-state index in [-0.39, 0.29) is 11.9 Å². The van der Waals surface area contributed by atoms with Crippen molar-refractivity contribution >= 4 is 16.9 Å². The standard InChI is InChI=1S/C18H21N7O/c1-11-19-9-13(17(21-11)16-4-3-7-25(16)2)10-20-18(26)12-5-6-14-15(8-12)23-24-22-14/h5-6,8-9,16H,3-4,7,10H2,1-2H3,(H,20,26)(H,22,23,24). The number of amides is 1. The van der Waals surface area contributed by atoms with Gasteiger partial charge >= 0.3 is 0 Å². The number of rotatable bonds is 4. The van der Waals surface area contributed by atoms with Crippen LogP contribution in [-0.2, 0) is 6.54 Å². The van der Waals surface area contributed by atoms with Gasteiger partial charge in [0.25, 0.3) is 5.91 Å². The first-order chi connectivity index (χ1) is 12.6. The molecular formula is C18H21N7O. The van der Waals surface area contributed by atoms with Gasteiger partial charge in [-0.3, -0.25) is 9.69 Å². The molecule has 1 saturated heterocycles. The summed E-state index contributed by atoms with van der Waals surface area (Å²) in [5, 5.41) is 13.5. The third kappa shape index (κ3) is 3.15. The van der Waals surface area contributed by atoms with Gasteiger partial charge in [-0.05, 0) is 51.6 Å². The van der Waals surface area contributed by atoms with Crippen molar-refractivity contribution in [2.45, 2.75) is 32.4 Å². The van der Waals surface area contributed by atoms with Crippen molar-refractivity contribution in [3.8, 4) is 0 Å². The summed E-state index contributed by atoms with van der Waals surface area (Å²) in [5.74, 6) is 0.605. The Bertz CT molecular complexity index is 952. The Morgan fingerprint density at radius 2 is 2.19 bits per heavy atom. The molecule has 2 N–H and O–H groups in total. The summed E-state index contributed by atoms with van der Waals surface area (Å²) in [6, 6.07) is 5.54. The first-order valence-corrected chi connectivity index (χ1v) is 8.73. The van der Waals surface area contributed by atoms with Gasteiger partial charge in [0.1, 0.15) is 16.9 Å². The molecule has 0 spiro atoms. The molecule has 8 heteroatoms. The number of hydrogen-bond acceptors (Lipinski definition) is 6. The quantitative estimate of drug-likeness (QED) is 0.743. The second-order valence-electron chi connectivity index (χ2n) is 6.68. The molecule has 0 aliphatic carbocycles. The molecule has 4 rings (SSSR count). The maximum Gasteiger partial charge on any atom is 0.251 e. The van der Waals surface area contributed by atoms with Gasteiger partial charge in [0, 0.05) is 23.9 Å². The highest BCUT2D eigenvalue weighted by Gasteiger charge is 2.26. The van der Waals surface area contributed by atoms with Crippen LogP contribution in [0.3, 0.4) is 0 Å². The van der Waals surface area contributed by atoms with Crippen LogP contribution in [0.5, 0.6) is 0 Å². The summed E-state index contributed by atoms with van der Waals surface area (Å²) in [5.41, 5.74) is 3.94.